The van der Waals surface area contributed by atoms with Crippen molar-refractivity contribution in [3.05, 3.63) is 48.3 Å². The highest BCUT2D eigenvalue weighted by Gasteiger charge is 2.43. The van der Waals surface area contributed by atoms with Crippen molar-refractivity contribution < 1.29 is 18.7 Å². The first-order valence-electron chi connectivity index (χ1n) is 8.15. The van der Waals surface area contributed by atoms with Crippen LogP contribution in [0.5, 0.6) is 5.75 Å². The van der Waals surface area contributed by atoms with Crippen LogP contribution in [0.4, 0.5) is 21.5 Å². The predicted octanol–water partition coefficient (Wildman–Crippen LogP) is 3.01. The molecule has 0 spiro atoms. The average molecular weight is 357 g/mol. The van der Waals surface area contributed by atoms with E-state index in [1.165, 1.54) is 30.2 Å². The number of carbonyl (C=O) groups excluding carboxylic acids is 2. The van der Waals surface area contributed by atoms with Gasteiger partial charge in [0.1, 0.15) is 17.1 Å². The van der Waals surface area contributed by atoms with Gasteiger partial charge in [-0.05, 0) is 38.1 Å². The lowest BCUT2D eigenvalue weighted by molar-refractivity contribution is -0.125. The third-order valence-corrected chi connectivity index (χ3v) is 4.35. The van der Waals surface area contributed by atoms with E-state index < -0.39 is 11.4 Å². The summed E-state index contributed by atoms with van der Waals surface area (Å²) in [5.74, 6) is -0.678. The molecular weight excluding hydrogens is 337 g/mol. The second kappa shape index (κ2) is 6.67. The molecule has 2 N–H and O–H groups in total. The van der Waals surface area contributed by atoms with Crippen molar-refractivity contribution >= 4 is 28.9 Å². The molecule has 1 heterocycles. The van der Waals surface area contributed by atoms with Crippen LogP contribution in [0.1, 0.15) is 13.8 Å². The Bertz CT molecular complexity index is 867. The molecule has 3 rings (SSSR count). The standard InChI is InChI=1S/C19H20FN3O3/c1-19(2)18(25)22-13-6-4-5-7-15(13)23(19)17(24)11-21-14-9-8-12(20)10-16(14)26-3/h4-10,21H,11H2,1-3H3,(H,22,25). The topological polar surface area (TPSA) is 70.7 Å². The summed E-state index contributed by atoms with van der Waals surface area (Å²) in [4.78, 5) is 26.8. The second-order valence-electron chi connectivity index (χ2n) is 6.46. The minimum Gasteiger partial charge on any atom is -0.494 e. The molecule has 26 heavy (non-hydrogen) atoms. The minimum atomic E-state index is -1.04. The lowest BCUT2D eigenvalue weighted by atomic mass is 9.96. The lowest BCUT2D eigenvalue weighted by Crippen LogP contribution is -2.59. The number of nitrogens with zero attached hydrogens (tertiary/aromatic N) is 1. The highest BCUT2D eigenvalue weighted by molar-refractivity contribution is 6.14. The monoisotopic (exact) mass is 357 g/mol. The van der Waals surface area contributed by atoms with E-state index in [0.29, 0.717) is 22.8 Å². The molecule has 1 aliphatic rings. The molecule has 0 radical (unpaired) electrons. The molecule has 0 unspecified atom stereocenters. The summed E-state index contributed by atoms with van der Waals surface area (Å²) in [5.41, 5.74) is 0.675. The Morgan fingerprint density at radius 2 is 2.00 bits per heavy atom. The summed E-state index contributed by atoms with van der Waals surface area (Å²) in [6.45, 7) is 3.30. The molecule has 136 valence electrons. The molecular formula is C19H20FN3O3. The Labute approximate surface area is 150 Å². The highest BCUT2D eigenvalue weighted by Crippen LogP contribution is 2.36. The zero-order chi connectivity index (χ0) is 18.9. The number of hydrogen-bond acceptors (Lipinski definition) is 4. The molecule has 7 heteroatoms. The second-order valence-corrected chi connectivity index (χ2v) is 6.46. The van der Waals surface area contributed by atoms with Crippen LogP contribution in [-0.2, 0) is 9.59 Å². The number of methoxy groups -OCH3 is 1. The van der Waals surface area contributed by atoms with E-state index in [1.807, 2.05) is 6.07 Å². The first-order chi connectivity index (χ1) is 12.3. The summed E-state index contributed by atoms with van der Waals surface area (Å²) in [5, 5.41) is 5.78. The molecule has 2 aromatic carbocycles. The minimum absolute atomic E-state index is 0.0764. The maximum atomic E-state index is 13.3. The van der Waals surface area contributed by atoms with Gasteiger partial charge in [0.05, 0.1) is 30.7 Å². The van der Waals surface area contributed by atoms with Gasteiger partial charge in [-0.25, -0.2) is 4.39 Å². The summed E-state index contributed by atoms with van der Waals surface area (Å²) in [6, 6.07) is 11.2. The Hall–Kier alpha value is -3.09. The smallest absolute Gasteiger partial charge is 0.250 e. The number of rotatable bonds is 4. The first kappa shape index (κ1) is 17.7. The van der Waals surface area contributed by atoms with Crippen LogP contribution in [0.2, 0.25) is 0 Å². The summed E-state index contributed by atoms with van der Waals surface area (Å²) < 4.78 is 18.4. The highest BCUT2D eigenvalue weighted by atomic mass is 19.1. The number of ether oxygens (including phenoxy) is 1. The van der Waals surface area contributed by atoms with Gasteiger partial charge in [0.25, 0.3) is 0 Å². The molecule has 2 aromatic rings. The normalized spacial score (nSPS) is 15.1. The third-order valence-electron chi connectivity index (χ3n) is 4.35. The predicted molar refractivity (Wildman–Crippen MR) is 98.1 cm³/mol. The van der Waals surface area contributed by atoms with Crippen molar-refractivity contribution in [3.63, 3.8) is 0 Å². The fraction of sp³-hybridized carbons (Fsp3) is 0.263. The number of hydrogen-bond donors (Lipinski definition) is 2. The number of halogens is 1. The van der Waals surface area contributed by atoms with Crippen molar-refractivity contribution in [1.82, 2.24) is 0 Å². The van der Waals surface area contributed by atoms with Crippen LogP contribution >= 0.6 is 0 Å². The Morgan fingerprint density at radius 3 is 2.73 bits per heavy atom. The first-order valence-corrected chi connectivity index (χ1v) is 8.15. The zero-order valence-corrected chi connectivity index (χ0v) is 14.8. The van der Waals surface area contributed by atoms with Crippen molar-refractivity contribution in [2.45, 2.75) is 19.4 Å². The van der Waals surface area contributed by atoms with Crippen LogP contribution in [0.25, 0.3) is 0 Å². The Kier molecular flexibility index (Phi) is 4.54. The van der Waals surface area contributed by atoms with Gasteiger partial charge in [0.2, 0.25) is 11.8 Å². The summed E-state index contributed by atoms with van der Waals surface area (Å²) >= 11 is 0. The number of para-hydroxylation sites is 2. The third kappa shape index (κ3) is 3.08. The van der Waals surface area contributed by atoms with E-state index in [0.717, 1.165) is 0 Å². The van der Waals surface area contributed by atoms with Crippen LogP contribution in [0.3, 0.4) is 0 Å². The van der Waals surface area contributed by atoms with Gasteiger partial charge < -0.3 is 15.4 Å². The lowest BCUT2D eigenvalue weighted by Gasteiger charge is -2.42. The van der Waals surface area contributed by atoms with Crippen molar-refractivity contribution in [1.29, 1.82) is 0 Å². The van der Waals surface area contributed by atoms with Crippen molar-refractivity contribution in [2.75, 3.05) is 29.2 Å². The number of nitrogens with one attached hydrogen (secondary N) is 2. The molecule has 0 aromatic heterocycles. The van der Waals surface area contributed by atoms with Crippen LogP contribution < -0.4 is 20.3 Å². The number of anilines is 3. The number of benzene rings is 2. The van der Waals surface area contributed by atoms with E-state index in [4.69, 9.17) is 4.74 Å². The quantitative estimate of drug-likeness (QED) is 0.882. The maximum absolute atomic E-state index is 13.3. The molecule has 2 amide bonds. The number of amides is 2. The van der Waals surface area contributed by atoms with Gasteiger partial charge in [0, 0.05) is 6.07 Å². The fourth-order valence-corrected chi connectivity index (χ4v) is 2.96. The van der Waals surface area contributed by atoms with E-state index in [2.05, 4.69) is 10.6 Å². The Balaban J connectivity index is 1.86. The SMILES string of the molecule is COc1cc(F)ccc1NCC(=O)N1c2ccccc2NC(=O)C1(C)C. The maximum Gasteiger partial charge on any atom is 0.250 e. The molecule has 0 aliphatic carbocycles. The molecule has 0 atom stereocenters. The molecule has 6 nitrogen and oxygen atoms in total. The molecule has 0 fully saturated rings. The molecule has 0 bridgehead atoms. The number of carbonyl (C=O) groups is 2. The van der Waals surface area contributed by atoms with Gasteiger partial charge in [-0.1, -0.05) is 12.1 Å². The number of fused-ring (bicyclic) bond motifs is 1. The van der Waals surface area contributed by atoms with Crippen LogP contribution in [0, 0.1) is 5.82 Å². The fourth-order valence-electron chi connectivity index (χ4n) is 2.96. The van der Waals surface area contributed by atoms with Crippen LogP contribution in [0.15, 0.2) is 42.5 Å². The van der Waals surface area contributed by atoms with E-state index in [1.54, 1.807) is 32.0 Å². The van der Waals surface area contributed by atoms with E-state index in [9.17, 15) is 14.0 Å². The summed E-state index contributed by atoms with van der Waals surface area (Å²) in [7, 11) is 1.43. The Morgan fingerprint density at radius 1 is 1.27 bits per heavy atom. The average Bonchev–Trinajstić information content (AvgIpc) is 2.61. The molecule has 1 aliphatic heterocycles. The largest absolute Gasteiger partial charge is 0.494 e. The van der Waals surface area contributed by atoms with Gasteiger partial charge in [-0.15, -0.1) is 0 Å². The van der Waals surface area contributed by atoms with Gasteiger partial charge in [-0.2, -0.15) is 0 Å². The van der Waals surface area contributed by atoms with E-state index in [-0.39, 0.29) is 18.4 Å². The summed E-state index contributed by atoms with van der Waals surface area (Å²) in [6.07, 6.45) is 0. The zero-order valence-electron chi connectivity index (χ0n) is 14.8. The van der Waals surface area contributed by atoms with Crippen molar-refractivity contribution in [3.8, 4) is 5.75 Å². The van der Waals surface area contributed by atoms with Gasteiger partial charge in [-0.3, -0.25) is 14.5 Å². The van der Waals surface area contributed by atoms with Crippen molar-refractivity contribution in [2.24, 2.45) is 0 Å². The van der Waals surface area contributed by atoms with Gasteiger partial charge >= 0.3 is 0 Å². The van der Waals surface area contributed by atoms with Gasteiger partial charge in [0.15, 0.2) is 0 Å². The van der Waals surface area contributed by atoms with Crippen LogP contribution in [-0.4, -0.2) is 31.0 Å². The van der Waals surface area contributed by atoms with E-state index >= 15 is 0 Å². The molecule has 0 saturated heterocycles. The molecule has 0 saturated carbocycles.